The molecule has 60 valence electrons. The molecule has 0 atom stereocenters. The van der Waals surface area contributed by atoms with Gasteiger partial charge in [-0.25, -0.2) is 0 Å². The molecule has 0 saturated carbocycles. The first-order chi connectivity index (χ1) is 5.15. The predicted octanol–water partition coefficient (Wildman–Crippen LogP) is 2.00. The fourth-order valence-electron chi connectivity index (χ4n) is 1.10. The third kappa shape index (κ3) is 1.45. The highest BCUT2D eigenvalue weighted by atomic mass is 15.5. The lowest BCUT2D eigenvalue weighted by Crippen LogP contribution is -2.26. The minimum atomic E-state index is 0.500. The van der Waals surface area contributed by atoms with Crippen molar-refractivity contribution < 1.29 is 0 Å². The van der Waals surface area contributed by atoms with Crippen LogP contribution in [0.25, 0.3) is 0 Å². The first kappa shape index (κ1) is 7.92. The number of hydrogen-bond acceptors (Lipinski definition) is 2. The maximum Gasteiger partial charge on any atom is 0.0492 e. The lowest BCUT2D eigenvalue weighted by atomic mass is 10.1. The Morgan fingerprint density at radius 1 is 1.64 bits per heavy atom. The van der Waals surface area contributed by atoms with Gasteiger partial charge in [0.25, 0.3) is 0 Å². The Kier molecular flexibility index (Phi) is 2.03. The van der Waals surface area contributed by atoms with Crippen LogP contribution in [0.15, 0.2) is 36.8 Å². The van der Waals surface area contributed by atoms with Crippen LogP contribution in [0.1, 0.15) is 13.8 Å². The Hall–Kier alpha value is -1.18. The van der Waals surface area contributed by atoms with Gasteiger partial charge in [-0.3, -0.25) is 10.4 Å². The van der Waals surface area contributed by atoms with E-state index in [0.717, 1.165) is 5.70 Å². The first-order valence-electron chi connectivity index (χ1n) is 3.74. The van der Waals surface area contributed by atoms with E-state index in [0.29, 0.717) is 5.92 Å². The highest BCUT2D eigenvalue weighted by Crippen LogP contribution is 2.20. The Labute approximate surface area is 67.9 Å². The number of nitrogens with zero attached hydrogens (tertiary/aromatic N) is 1. The largest absolute Gasteiger partial charge is 0.295 e. The van der Waals surface area contributed by atoms with Crippen molar-refractivity contribution >= 4 is 0 Å². The van der Waals surface area contributed by atoms with Crippen molar-refractivity contribution in [1.82, 2.24) is 10.4 Å². The molecular weight excluding hydrogens is 136 g/mol. The van der Waals surface area contributed by atoms with Crippen LogP contribution in [0, 0.1) is 5.92 Å². The smallest absolute Gasteiger partial charge is 0.0492 e. The van der Waals surface area contributed by atoms with E-state index in [2.05, 4.69) is 32.4 Å². The zero-order valence-electron chi connectivity index (χ0n) is 7.09. The van der Waals surface area contributed by atoms with E-state index in [9.17, 15) is 0 Å². The summed E-state index contributed by atoms with van der Waals surface area (Å²) in [5, 5.41) is 1.90. The lowest BCUT2D eigenvalue weighted by molar-refractivity contribution is 0.374. The monoisotopic (exact) mass is 150 g/mol. The molecule has 0 amide bonds. The Bertz CT molecular complexity index is 214. The van der Waals surface area contributed by atoms with Crippen LogP contribution in [0.5, 0.6) is 0 Å². The van der Waals surface area contributed by atoms with Gasteiger partial charge in [-0.05, 0) is 12.0 Å². The molecule has 0 radical (unpaired) electrons. The van der Waals surface area contributed by atoms with Crippen LogP contribution in [-0.4, -0.2) is 5.01 Å². The standard InChI is InChI=1S/C9H14N2/c1-5-11-9(7(2)3)6-8(4)10-11/h5-7,10H,1,4H2,2-3H3. The molecule has 0 aromatic heterocycles. The predicted molar refractivity (Wildman–Crippen MR) is 47.2 cm³/mol. The van der Waals surface area contributed by atoms with Crippen molar-refractivity contribution in [3.63, 3.8) is 0 Å². The molecule has 0 unspecified atom stereocenters. The number of hydrazine groups is 1. The lowest BCUT2D eigenvalue weighted by Gasteiger charge is -2.19. The molecule has 0 spiro atoms. The second-order valence-corrected chi connectivity index (χ2v) is 2.91. The van der Waals surface area contributed by atoms with Gasteiger partial charge in [0.05, 0.1) is 0 Å². The molecular formula is C9H14N2. The van der Waals surface area contributed by atoms with Gasteiger partial charge in [0.2, 0.25) is 0 Å². The zero-order valence-corrected chi connectivity index (χ0v) is 7.09. The topological polar surface area (TPSA) is 15.3 Å². The molecule has 1 aliphatic heterocycles. The minimum Gasteiger partial charge on any atom is -0.295 e. The van der Waals surface area contributed by atoms with Gasteiger partial charge in [0, 0.05) is 17.6 Å². The maximum absolute atomic E-state index is 3.81. The molecule has 0 saturated heterocycles. The van der Waals surface area contributed by atoms with Gasteiger partial charge in [-0.15, -0.1) is 0 Å². The molecule has 0 bridgehead atoms. The summed E-state index contributed by atoms with van der Waals surface area (Å²) in [7, 11) is 0. The average molecular weight is 150 g/mol. The quantitative estimate of drug-likeness (QED) is 0.647. The molecule has 1 N–H and O–H groups in total. The summed E-state index contributed by atoms with van der Waals surface area (Å²) in [6.07, 6.45) is 3.79. The minimum absolute atomic E-state index is 0.500. The molecule has 0 fully saturated rings. The van der Waals surface area contributed by atoms with Crippen molar-refractivity contribution in [2.75, 3.05) is 0 Å². The van der Waals surface area contributed by atoms with Gasteiger partial charge in [-0.1, -0.05) is 27.0 Å². The number of rotatable bonds is 2. The summed E-state index contributed by atoms with van der Waals surface area (Å²) in [5.74, 6) is 0.500. The molecule has 2 nitrogen and oxygen atoms in total. The molecule has 11 heavy (non-hydrogen) atoms. The third-order valence-corrected chi connectivity index (χ3v) is 1.64. The van der Waals surface area contributed by atoms with E-state index in [1.807, 2.05) is 11.1 Å². The Balaban J connectivity index is 2.81. The van der Waals surface area contributed by atoms with Gasteiger partial charge in [0.15, 0.2) is 0 Å². The van der Waals surface area contributed by atoms with E-state index in [4.69, 9.17) is 0 Å². The number of nitrogens with one attached hydrogen (secondary N) is 1. The van der Waals surface area contributed by atoms with E-state index in [1.165, 1.54) is 5.70 Å². The van der Waals surface area contributed by atoms with Gasteiger partial charge in [-0.2, -0.15) is 0 Å². The second-order valence-electron chi connectivity index (χ2n) is 2.91. The number of hydrogen-bond donors (Lipinski definition) is 1. The second kappa shape index (κ2) is 2.82. The summed E-state index contributed by atoms with van der Waals surface area (Å²) in [6.45, 7) is 11.8. The molecule has 2 heteroatoms. The van der Waals surface area contributed by atoms with Crippen LogP contribution in [0.3, 0.4) is 0 Å². The highest BCUT2D eigenvalue weighted by molar-refractivity contribution is 5.26. The zero-order chi connectivity index (χ0) is 8.43. The normalized spacial score (nSPS) is 16.8. The van der Waals surface area contributed by atoms with E-state index >= 15 is 0 Å². The molecule has 1 rings (SSSR count). The van der Waals surface area contributed by atoms with Gasteiger partial charge in [0.1, 0.15) is 0 Å². The van der Waals surface area contributed by atoms with Crippen molar-refractivity contribution in [2.24, 2.45) is 5.92 Å². The summed E-state index contributed by atoms with van der Waals surface area (Å²) in [5.41, 5.74) is 5.20. The summed E-state index contributed by atoms with van der Waals surface area (Å²) < 4.78 is 0. The summed E-state index contributed by atoms with van der Waals surface area (Å²) >= 11 is 0. The van der Waals surface area contributed by atoms with Gasteiger partial charge >= 0.3 is 0 Å². The van der Waals surface area contributed by atoms with Crippen LogP contribution in [0.2, 0.25) is 0 Å². The maximum atomic E-state index is 3.81. The van der Waals surface area contributed by atoms with E-state index < -0.39 is 0 Å². The molecule has 0 aromatic carbocycles. The van der Waals surface area contributed by atoms with Crippen molar-refractivity contribution in [3.05, 3.63) is 36.8 Å². The molecule has 0 aliphatic carbocycles. The Morgan fingerprint density at radius 3 is 2.64 bits per heavy atom. The highest BCUT2D eigenvalue weighted by Gasteiger charge is 2.16. The van der Waals surface area contributed by atoms with Crippen molar-refractivity contribution in [3.8, 4) is 0 Å². The first-order valence-corrected chi connectivity index (χ1v) is 3.74. The van der Waals surface area contributed by atoms with Crippen LogP contribution >= 0.6 is 0 Å². The fourth-order valence-corrected chi connectivity index (χ4v) is 1.10. The van der Waals surface area contributed by atoms with E-state index in [1.54, 1.807) is 6.20 Å². The van der Waals surface area contributed by atoms with Crippen molar-refractivity contribution in [2.45, 2.75) is 13.8 Å². The fraction of sp³-hybridized carbons (Fsp3) is 0.333. The van der Waals surface area contributed by atoms with Crippen LogP contribution < -0.4 is 5.43 Å². The summed E-state index contributed by atoms with van der Waals surface area (Å²) in [6, 6.07) is 0. The van der Waals surface area contributed by atoms with Gasteiger partial charge < -0.3 is 0 Å². The Morgan fingerprint density at radius 2 is 2.27 bits per heavy atom. The molecule has 1 aliphatic rings. The molecule has 1 heterocycles. The SMILES string of the molecule is C=CN1NC(=C)C=C1C(C)C. The number of allylic oxidation sites excluding steroid dienone is 2. The van der Waals surface area contributed by atoms with Crippen LogP contribution in [0.4, 0.5) is 0 Å². The van der Waals surface area contributed by atoms with E-state index in [-0.39, 0.29) is 0 Å². The third-order valence-electron chi connectivity index (χ3n) is 1.64. The van der Waals surface area contributed by atoms with Crippen molar-refractivity contribution in [1.29, 1.82) is 0 Å². The molecule has 0 aromatic rings. The summed E-state index contributed by atoms with van der Waals surface area (Å²) in [4.78, 5) is 0. The van der Waals surface area contributed by atoms with Crippen LogP contribution in [-0.2, 0) is 0 Å². The average Bonchev–Trinajstić information content (AvgIpc) is 2.30.